The summed E-state index contributed by atoms with van der Waals surface area (Å²) in [5.41, 5.74) is 0. The van der Waals surface area contributed by atoms with E-state index in [0.29, 0.717) is 0 Å². The Morgan fingerprint density at radius 3 is 2.56 bits per heavy atom. The van der Waals surface area contributed by atoms with Gasteiger partial charge in [0.1, 0.15) is 0 Å². The Labute approximate surface area is 103 Å². The first-order valence-electron chi connectivity index (χ1n) is 5.89. The van der Waals surface area contributed by atoms with Crippen LogP contribution < -0.4 is 10.6 Å². The normalized spacial score (nSPS) is 14.2. The number of aliphatic hydroxyl groups is 1. The predicted molar refractivity (Wildman–Crippen MR) is 69.9 cm³/mol. The number of urea groups is 1. The molecule has 0 aliphatic carbocycles. The van der Waals surface area contributed by atoms with E-state index in [2.05, 4.69) is 17.6 Å². The lowest BCUT2D eigenvalue weighted by Crippen LogP contribution is -2.46. The molecule has 0 bridgehead atoms. The van der Waals surface area contributed by atoms with E-state index in [-0.39, 0.29) is 24.7 Å². The number of hydrogen-bond donors (Lipinski definition) is 3. The lowest BCUT2D eigenvalue weighted by Gasteiger charge is -2.18. The Bertz CT molecular complexity index is 187. The third-order valence-electron chi connectivity index (χ3n) is 2.33. The number of rotatable bonds is 8. The Hall–Kier alpha value is -0.420. The van der Waals surface area contributed by atoms with Crippen molar-refractivity contribution in [3.05, 3.63) is 0 Å². The molecule has 96 valence electrons. The summed E-state index contributed by atoms with van der Waals surface area (Å²) >= 11 is 1.87. The molecule has 2 amide bonds. The molecule has 5 heteroatoms. The molecule has 0 heterocycles. The van der Waals surface area contributed by atoms with Crippen molar-refractivity contribution in [1.29, 1.82) is 0 Å². The Morgan fingerprint density at radius 1 is 1.38 bits per heavy atom. The van der Waals surface area contributed by atoms with Crippen molar-refractivity contribution in [1.82, 2.24) is 10.6 Å². The summed E-state index contributed by atoms with van der Waals surface area (Å²) in [7, 11) is 0. The molecule has 0 saturated carbocycles. The van der Waals surface area contributed by atoms with Gasteiger partial charge in [0, 0.05) is 6.04 Å². The summed E-state index contributed by atoms with van der Waals surface area (Å²) in [6.45, 7) is 6.05. The van der Waals surface area contributed by atoms with Crippen LogP contribution in [0.3, 0.4) is 0 Å². The zero-order chi connectivity index (χ0) is 12.4. The van der Waals surface area contributed by atoms with Crippen LogP contribution in [0.5, 0.6) is 0 Å². The standard InChI is InChI=1S/C11H24N2O2S/c1-4-10(8-14)13-11(15)12-9(3)6-7-16-5-2/h9-10,14H,4-8H2,1-3H3,(H2,12,13,15). The maximum atomic E-state index is 11.5. The lowest BCUT2D eigenvalue weighted by atomic mass is 10.2. The molecule has 4 nitrogen and oxygen atoms in total. The molecular formula is C11H24N2O2S. The molecule has 0 aliphatic heterocycles. The van der Waals surface area contributed by atoms with Crippen LogP contribution in [0.15, 0.2) is 0 Å². The van der Waals surface area contributed by atoms with Gasteiger partial charge in [0.2, 0.25) is 0 Å². The van der Waals surface area contributed by atoms with Gasteiger partial charge in [-0.25, -0.2) is 4.79 Å². The summed E-state index contributed by atoms with van der Waals surface area (Å²) in [5.74, 6) is 2.18. The van der Waals surface area contributed by atoms with Crippen LogP contribution >= 0.6 is 11.8 Å². The van der Waals surface area contributed by atoms with Crippen LogP contribution in [-0.2, 0) is 0 Å². The molecule has 0 aromatic heterocycles. The third kappa shape index (κ3) is 7.82. The number of thioether (sulfide) groups is 1. The van der Waals surface area contributed by atoms with Crippen LogP contribution in [0, 0.1) is 0 Å². The first-order valence-corrected chi connectivity index (χ1v) is 7.05. The number of hydrogen-bond acceptors (Lipinski definition) is 3. The maximum absolute atomic E-state index is 11.5. The van der Waals surface area contributed by atoms with Crippen molar-refractivity contribution in [2.45, 2.75) is 45.7 Å². The van der Waals surface area contributed by atoms with E-state index < -0.39 is 0 Å². The van der Waals surface area contributed by atoms with Gasteiger partial charge in [0.05, 0.1) is 12.6 Å². The number of carbonyl (C=O) groups is 1. The zero-order valence-corrected chi connectivity index (χ0v) is 11.3. The average Bonchev–Trinajstić information content (AvgIpc) is 2.26. The summed E-state index contributed by atoms with van der Waals surface area (Å²) < 4.78 is 0. The minimum Gasteiger partial charge on any atom is -0.394 e. The second kappa shape index (κ2) is 9.78. The van der Waals surface area contributed by atoms with Crippen molar-refractivity contribution >= 4 is 17.8 Å². The van der Waals surface area contributed by atoms with Crippen LogP contribution in [0.25, 0.3) is 0 Å². The molecule has 0 spiro atoms. The predicted octanol–water partition coefficient (Wildman–Crippen LogP) is 1.59. The van der Waals surface area contributed by atoms with Gasteiger partial charge in [0.15, 0.2) is 0 Å². The summed E-state index contributed by atoms with van der Waals surface area (Å²) in [5, 5.41) is 14.5. The molecule has 2 unspecified atom stereocenters. The zero-order valence-electron chi connectivity index (χ0n) is 10.5. The van der Waals surface area contributed by atoms with Crippen molar-refractivity contribution < 1.29 is 9.90 Å². The topological polar surface area (TPSA) is 61.4 Å². The number of aliphatic hydroxyl groups excluding tert-OH is 1. The van der Waals surface area contributed by atoms with E-state index >= 15 is 0 Å². The van der Waals surface area contributed by atoms with E-state index in [1.807, 2.05) is 25.6 Å². The Balaban J connectivity index is 3.68. The summed E-state index contributed by atoms with van der Waals surface area (Å²) in [6, 6.07) is -0.151. The van der Waals surface area contributed by atoms with E-state index in [9.17, 15) is 4.79 Å². The molecule has 0 aromatic carbocycles. The van der Waals surface area contributed by atoms with Gasteiger partial charge in [0.25, 0.3) is 0 Å². The SMILES string of the molecule is CCSCCC(C)NC(=O)NC(CC)CO. The molecular weight excluding hydrogens is 224 g/mol. The Morgan fingerprint density at radius 2 is 2.06 bits per heavy atom. The molecule has 3 N–H and O–H groups in total. The van der Waals surface area contributed by atoms with Gasteiger partial charge in [-0.2, -0.15) is 11.8 Å². The molecule has 0 saturated heterocycles. The average molecular weight is 248 g/mol. The van der Waals surface area contributed by atoms with E-state index in [0.717, 1.165) is 24.3 Å². The van der Waals surface area contributed by atoms with Crippen molar-refractivity contribution in [2.24, 2.45) is 0 Å². The fraction of sp³-hybridized carbons (Fsp3) is 0.909. The molecule has 0 radical (unpaired) electrons. The third-order valence-corrected chi connectivity index (χ3v) is 3.26. The van der Waals surface area contributed by atoms with Crippen molar-refractivity contribution in [3.8, 4) is 0 Å². The maximum Gasteiger partial charge on any atom is 0.315 e. The number of amides is 2. The van der Waals surface area contributed by atoms with Crippen LogP contribution in [0.4, 0.5) is 4.79 Å². The van der Waals surface area contributed by atoms with Crippen LogP contribution in [0.2, 0.25) is 0 Å². The summed E-state index contributed by atoms with van der Waals surface area (Å²) in [4.78, 5) is 11.5. The van der Waals surface area contributed by atoms with Gasteiger partial charge in [-0.15, -0.1) is 0 Å². The van der Waals surface area contributed by atoms with Crippen molar-refractivity contribution in [2.75, 3.05) is 18.1 Å². The lowest BCUT2D eigenvalue weighted by molar-refractivity contribution is 0.212. The highest BCUT2D eigenvalue weighted by atomic mass is 32.2. The first-order chi connectivity index (χ1) is 7.63. The molecule has 0 aliphatic rings. The minimum atomic E-state index is -0.185. The fourth-order valence-electron chi connectivity index (χ4n) is 1.20. The van der Waals surface area contributed by atoms with E-state index in [1.165, 1.54) is 0 Å². The van der Waals surface area contributed by atoms with E-state index in [4.69, 9.17) is 5.11 Å². The second-order valence-corrected chi connectivity index (χ2v) is 5.19. The van der Waals surface area contributed by atoms with Crippen LogP contribution in [0.1, 0.15) is 33.6 Å². The summed E-state index contributed by atoms with van der Waals surface area (Å²) in [6.07, 6.45) is 1.71. The molecule has 0 aromatic rings. The van der Waals surface area contributed by atoms with Gasteiger partial charge in [-0.3, -0.25) is 0 Å². The monoisotopic (exact) mass is 248 g/mol. The fourth-order valence-corrected chi connectivity index (χ4v) is 2.01. The second-order valence-electron chi connectivity index (χ2n) is 3.79. The minimum absolute atomic E-state index is 0.00993. The smallest absolute Gasteiger partial charge is 0.315 e. The highest BCUT2D eigenvalue weighted by Crippen LogP contribution is 2.03. The molecule has 0 fully saturated rings. The van der Waals surface area contributed by atoms with Gasteiger partial charge in [-0.1, -0.05) is 13.8 Å². The van der Waals surface area contributed by atoms with E-state index in [1.54, 1.807) is 0 Å². The quantitative estimate of drug-likeness (QED) is 0.572. The molecule has 16 heavy (non-hydrogen) atoms. The largest absolute Gasteiger partial charge is 0.394 e. The number of carbonyl (C=O) groups excluding carboxylic acids is 1. The highest BCUT2D eigenvalue weighted by Gasteiger charge is 2.10. The van der Waals surface area contributed by atoms with Gasteiger partial charge >= 0.3 is 6.03 Å². The Kier molecular flexibility index (Phi) is 9.52. The number of nitrogens with one attached hydrogen (secondary N) is 2. The highest BCUT2D eigenvalue weighted by molar-refractivity contribution is 7.99. The van der Waals surface area contributed by atoms with Gasteiger partial charge in [-0.05, 0) is 31.3 Å². The molecule has 2 atom stereocenters. The van der Waals surface area contributed by atoms with Crippen molar-refractivity contribution in [3.63, 3.8) is 0 Å². The van der Waals surface area contributed by atoms with Crippen LogP contribution in [-0.4, -0.2) is 41.3 Å². The first kappa shape index (κ1) is 15.6. The molecule has 0 rings (SSSR count). The van der Waals surface area contributed by atoms with Gasteiger partial charge < -0.3 is 15.7 Å².